The van der Waals surface area contributed by atoms with Gasteiger partial charge < -0.3 is 10.4 Å². The molecule has 0 atom stereocenters. The lowest BCUT2D eigenvalue weighted by molar-refractivity contribution is 0.282. The van der Waals surface area contributed by atoms with E-state index >= 15 is 0 Å². The monoisotopic (exact) mass is 231 g/mol. The molecule has 0 aliphatic heterocycles. The summed E-state index contributed by atoms with van der Waals surface area (Å²) in [6.07, 6.45) is 0. The second kappa shape index (κ2) is 5.46. The Kier molecular flexibility index (Phi) is 3.73. The van der Waals surface area contributed by atoms with E-state index in [1.54, 1.807) is 12.1 Å². The Morgan fingerprint density at radius 2 is 1.88 bits per heavy atom. The molecule has 0 saturated heterocycles. The summed E-state index contributed by atoms with van der Waals surface area (Å²) in [7, 11) is 0. The van der Waals surface area contributed by atoms with Crippen LogP contribution in [0.3, 0.4) is 0 Å². The Labute approximate surface area is 99.7 Å². The molecule has 0 saturated carbocycles. The minimum Gasteiger partial charge on any atom is -0.392 e. The molecular weight excluding hydrogens is 217 g/mol. The van der Waals surface area contributed by atoms with E-state index < -0.39 is 0 Å². The smallest absolute Gasteiger partial charge is 0.128 e. The number of rotatable bonds is 4. The highest BCUT2D eigenvalue weighted by Crippen LogP contribution is 2.13. The number of hydrogen-bond acceptors (Lipinski definition) is 2. The average Bonchev–Trinajstić information content (AvgIpc) is 2.38. The molecule has 0 fully saturated rings. The van der Waals surface area contributed by atoms with Crippen LogP contribution in [-0.2, 0) is 13.2 Å². The second-order valence-corrected chi connectivity index (χ2v) is 3.80. The third kappa shape index (κ3) is 3.04. The molecule has 0 bridgehead atoms. The Morgan fingerprint density at radius 1 is 1.06 bits per heavy atom. The predicted octanol–water partition coefficient (Wildman–Crippen LogP) is 2.93. The number of aliphatic hydroxyl groups is 1. The topological polar surface area (TPSA) is 32.3 Å². The predicted molar refractivity (Wildman–Crippen MR) is 66.1 cm³/mol. The first kappa shape index (κ1) is 11.6. The molecule has 2 rings (SSSR count). The molecule has 0 unspecified atom stereocenters. The van der Waals surface area contributed by atoms with Crippen molar-refractivity contribution in [2.45, 2.75) is 13.2 Å². The number of benzene rings is 2. The van der Waals surface area contributed by atoms with E-state index in [1.165, 1.54) is 6.07 Å². The van der Waals surface area contributed by atoms with Crippen molar-refractivity contribution in [3.05, 3.63) is 65.5 Å². The summed E-state index contributed by atoms with van der Waals surface area (Å²) in [5.41, 5.74) is 2.34. The maximum Gasteiger partial charge on any atom is 0.128 e. The Hall–Kier alpha value is -1.87. The van der Waals surface area contributed by atoms with Crippen molar-refractivity contribution in [2.24, 2.45) is 0 Å². The largest absolute Gasteiger partial charge is 0.392 e. The zero-order valence-corrected chi connectivity index (χ0v) is 9.36. The fraction of sp³-hybridized carbons (Fsp3) is 0.143. The Bertz CT molecular complexity index is 499. The average molecular weight is 231 g/mol. The molecule has 2 aromatic rings. The van der Waals surface area contributed by atoms with Crippen molar-refractivity contribution in [1.29, 1.82) is 0 Å². The van der Waals surface area contributed by atoms with Gasteiger partial charge in [0.05, 0.1) is 6.61 Å². The van der Waals surface area contributed by atoms with Crippen molar-refractivity contribution in [2.75, 3.05) is 5.32 Å². The van der Waals surface area contributed by atoms with Crippen LogP contribution in [0.4, 0.5) is 10.1 Å². The first-order chi connectivity index (χ1) is 8.29. The number of nitrogens with one attached hydrogen (secondary N) is 1. The lowest BCUT2D eigenvalue weighted by Gasteiger charge is -2.08. The van der Waals surface area contributed by atoms with Crippen LogP contribution in [0.25, 0.3) is 0 Å². The maximum atomic E-state index is 13.4. The molecule has 0 amide bonds. The molecule has 17 heavy (non-hydrogen) atoms. The molecule has 0 aromatic heterocycles. The minimum atomic E-state index is -0.210. The van der Waals surface area contributed by atoms with Gasteiger partial charge in [-0.2, -0.15) is 0 Å². The molecule has 0 radical (unpaired) electrons. The number of anilines is 1. The van der Waals surface area contributed by atoms with Gasteiger partial charge in [-0.05, 0) is 23.8 Å². The van der Waals surface area contributed by atoms with Crippen LogP contribution in [-0.4, -0.2) is 5.11 Å². The van der Waals surface area contributed by atoms with E-state index in [9.17, 15) is 4.39 Å². The summed E-state index contributed by atoms with van der Waals surface area (Å²) in [4.78, 5) is 0. The van der Waals surface area contributed by atoms with Gasteiger partial charge in [-0.1, -0.05) is 30.3 Å². The molecule has 2 nitrogen and oxygen atoms in total. The van der Waals surface area contributed by atoms with Gasteiger partial charge in [0.25, 0.3) is 0 Å². The molecule has 0 aliphatic carbocycles. The molecule has 2 N–H and O–H groups in total. The van der Waals surface area contributed by atoms with Gasteiger partial charge in [-0.25, -0.2) is 4.39 Å². The van der Waals surface area contributed by atoms with Crippen molar-refractivity contribution < 1.29 is 9.50 Å². The minimum absolute atomic E-state index is 0.00914. The van der Waals surface area contributed by atoms with Gasteiger partial charge in [0.2, 0.25) is 0 Å². The van der Waals surface area contributed by atoms with Gasteiger partial charge in [0.15, 0.2) is 0 Å². The zero-order chi connectivity index (χ0) is 12.1. The second-order valence-electron chi connectivity index (χ2n) is 3.80. The van der Waals surface area contributed by atoms with E-state index in [4.69, 9.17) is 5.11 Å². The van der Waals surface area contributed by atoms with Gasteiger partial charge >= 0.3 is 0 Å². The Balaban J connectivity index is 2.05. The van der Waals surface area contributed by atoms with Crippen molar-refractivity contribution in [1.82, 2.24) is 0 Å². The number of aliphatic hydroxyl groups excluding tert-OH is 1. The van der Waals surface area contributed by atoms with E-state index in [2.05, 4.69) is 5.32 Å². The van der Waals surface area contributed by atoms with E-state index in [0.29, 0.717) is 12.1 Å². The molecule has 0 spiro atoms. The van der Waals surface area contributed by atoms with Gasteiger partial charge in [0.1, 0.15) is 5.82 Å². The summed E-state index contributed by atoms with van der Waals surface area (Å²) in [6, 6.07) is 14.1. The van der Waals surface area contributed by atoms with Crippen molar-refractivity contribution in [3.8, 4) is 0 Å². The quantitative estimate of drug-likeness (QED) is 0.848. The summed E-state index contributed by atoms with van der Waals surface area (Å²) in [5, 5.41) is 12.1. The maximum absolute atomic E-state index is 13.4. The van der Waals surface area contributed by atoms with E-state index in [1.807, 2.05) is 30.3 Å². The van der Waals surface area contributed by atoms with Crippen molar-refractivity contribution >= 4 is 5.69 Å². The summed E-state index contributed by atoms with van der Waals surface area (Å²) >= 11 is 0. The van der Waals surface area contributed by atoms with Gasteiger partial charge in [-0.3, -0.25) is 0 Å². The van der Waals surface area contributed by atoms with Crippen LogP contribution in [0, 0.1) is 5.82 Å². The van der Waals surface area contributed by atoms with Crippen LogP contribution < -0.4 is 5.32 Å². The Morgan fingerprint density at radius 3 is 2.65 bits per heavy atom. The summed E-state index contributed by atoms with van der Waals surface area (Å²) < 4.78 is 13.4. The first-order valence-electron chi connectivity index (χ1n) is 5.46. The standard InChI is InChI=1S/C14H14FNO/c15-14-7-2-1-5-12(14)9-16-13-6-3-4-11(8-13)10-17/h1-8,16-17H,9-10H2. The fourth-order valence-corrected chi connectivity index (χ4v) is 1.62. The van der Waals surface area contributed by atoms with Crippen LogP contribution >= 0.6 is 0 Å². The summed E-state index contributed by atoms with van der Waals surface area (Å²) in [6.45, 7) is 0.441. The highest BCUT2D eigenvalue weighted by molar-refractivity contribution is 5.46. The summed E-state index contributed by atoms with van der Waals surface area (Å²) in [5.74, 6) is -0.210. The highest BCUT2D eigenvalue weighted by atomic mass is 19.1. The third-order valence-corrected chi connectivity index (χ3v) is 2.55. The lowest BCUT2D eigenvalue weighted by Crippen LogP contribution is -2.01. The van der Waals surface area contributed by atoms with Crippen LogP contribution in [0.1, 0.15) is 11.1 Å². The lowest BCUT2D eigenvalue weighted by atomic mass is 10.2. The van der Waals surface area contributed by atoms with E-state index in [-0.39, 0.29) is 12.4 Å². The first-order valence-corrected chi connectivity index (χ1v) is 5.46. The zero-order valence-electron chi connectivity index (χ0n) is 9.36. The van der Waals surface area contributed by atoms with Crippen molar-refractivity contribution in [3.63, 3.8) is 0 Å². The van der Waals surface area contributed by atoms with E-state index in [0.717, 1.165) is 11.3 Å². The van der Waals surface area contributed by atoms with Gasteiger partial charge in [-0.15, -0.1) is 0 Å². The molecule has 88 valence electrons. The fourth-order valence-electron chi connectivity index (χ4n) is 1.62. The number of halogens is 1. The third-order valence-electron chi connectivity index (χ3n) is 2.55. The molecule has 0 aliphatic rings. The SMILES string of the molecule is OCc1cccc(NCc2ccccc2F)c1. The molecule has 2 aromatic carbocycles. The van der Waals surface area contributed by atoms with Crippen LogP contribution in [0.15, 0.2) is 48.5 Å². The highest BCUT2D eigenvalue weighted by Gasteiger charge is 2.00. The van der Waals surface area contributed by atoms with Crippen LogP contribution in [0.5, 0.6) is 0 Å². The van der Waals surface area contributed by atoms with Gasteiger partial charge in [0, 0.05) is 17.8 Å². The normalized spacial score (nSPS) is 10.2. The van der Waals surface area contributed by atoms with Crippen LogP contribution in [0.2, 0.25) is 0 Å². The molecule has 3 heteroatoms. The molecule has 0 heterocycles. The number of hydrogen-bond donors (Lipinski definition) is 2. The molecular formula is C14H14FNO.